The topological polar surface area (TPSA) is 84.5 Å². The first kappa shape index (κ1) is 24.4. The number of furan rings is 1. The third-order valence-corrected chi connectivity index (χ3v) is 7.29. The van der Waals surface area contributed by atoms with Crippen molar-refractivity contribution in [3.05, 3.63) is 98.3 Å². The molecule has 4 aromatic rings. The fraction of sp³-hybridized carbons (Fsp3) is 0.115. The number of nitrogens with zero attached hydrogens (tertiary/aromatic N) is 2. The van der Waals surface area contributed by atoms with E-state index in [0.29, 0.717) is 22.2 Å². The predicted molar refractivity (Wildman–Crippen MR) is 143 cm³/mol. The van der Waals surface area contributed by atoms with E-state index >= 15 is 0 Å². The van der Waals surface area contributed by atoms with Gasteiger partial charge in [0, 0.05) is 32.2 Å². The molecule has 5 rings (SSSR count). The number of nitrogens with one attached hydrogen (secondary N) is 1. The molecule has 0 saturated carbocycles. The largest absolute Gasteiger partial charge is 0.467 e. The Labute approximate surface area is 224 Å². The predicted octanol–water partition coefficient (Wildman–Crippen LogP) is 6.20. The van der Waals surface area contributed by atoms with Gasteiger partial charge in [-0.15, -0.1) is 0 Å². The summed E-state index contributed by atoms with van der Waals surface area (Å²) in [6, 6.07) is 16.3. The third kappa shape index (κ3) is 5.28. The molecule has 0 spiro atoms. The molecule has 2 aromatic carbocycles. The molecule has 182 valence electrons. The lowest BCUT2D eigenvalue weighted by molar-refractivity contribution is -0.123. The van der Waals surface area contributed by atoms with Crippen molar-refractivity contribution in [2.24, 2.45) is 0 Å². The number of rotatable bonds is 7. The van der Waals surface area contributed by atoms with Gasteiger partial charge in [-0.2, -0.15) is 0 Å². The first-order chi connectivity index (χ1) is 17.4. The minimum atomic E-state index is -0.355. The average molecular weight is 585 g/mol. The maximum Gasteiger partial charge on any atom is 0.293 e. The lowest BCUT2D eigenvalue weighted by atomic mass is 10.1. The summed E-state index contributed by atoms with van der Waals surface area (Å²) in [5, 5.41) is 3.95. The van der Waals surface area contributed by atoms with Gasteiger partial charge < -0.3 is 14.3 Å². The number of hydrogen-bond donors (Lipinski definition) is 1. The van der Waals surface area contributed by atoms with Crippen molar-refractivity contribution in [1.82, 2.24) is 14.8 Å². The van der Waals surface area contributed by atoms with E-state index < -0.39 is 0 Å². The van der Waals surface area contributed by atoms with E-state index in [9.17, 15) is 14.4 Å². The van der Waals surface area contributed by atoms with Crippen LogP contribution in [0, 0.1) is 0 Å². The fourth-order valence-electron chi connectivity index (χ4n) is 3.90. The Kier molecular flexibility index (Phi) is 7.04. The van der Waals surface area contributed by atoms with Crippen molar-refractivity contribution in [1.29, 1.82) is 0 Å². The van der Waals surface area contributed by atoms with Gasteiger partial charge in [-0.1, -0.05) is 39.7 Å². The number of halogens is 2. The molecular weight excluding hydrogens is 566 g/mol. The highest BCUT2D eigenvalue weighted by Gasteiger charge is 2.35. The number of aromatic nitrogens is 1. The Balaban J connectivity index is 1.39. The van der Waals surface area contributed by atoms with E-state index in [1.165, 1.54) is 4.90 Å². The maximum absolute atomic E-state index is 13.1. The van der Waals surface area contributed by atoms with Crippen LogP contribution in [0.2, 0.25) is 5.02 Å². The lowest BCUT2D eigenvalue weighted by Gasteiger charge is -2.12. The minimum absolute atomic E-state index is 0.0880. The highest BCUT2D eigenvalue weighted by atomic mass is 79.9. The zero-order valence-electron chi connectivity index (χ0n) is 18.7. The minimum Gasteiger partial charge on any atom is -0.467 e. The number of imide groups is 1. The number of hydrogen-bond acceptors (Lipinski definition) is 5. The van der Waals surface area contributed by atoms with Crippen LogP contribution in [-0.4, -0.2) is 26.5 Å². The number of thioether (sulfide) groups is 1. The van der Waals surface area contributed by atoms with Crippen LogP contribution < -0.4 is 5.32 Å². The lowest BCUT2D eigenvalue weighted by Crippen LogP contribution is -2.27. The Morgan fingerprint density at radius 1 is 1.14 bits per heavy atom. The number of carbonyl (C=O) groups is 3. The van der Waals surface area contributed by atoms with Gasteiger partial charge in [0.25, 0.3) is 11.1 Å². The molecule has 3 heterocycles. The molecule has 0 bridgehead atoms. The molecule has 10 heteroatoms. The van der Waals surface area contributed by atoms with E-state index in [1.807, 2.05) is 29.0 Å². The quantitative estimate of drug-likeness (QED) is 0.261. The van der Waals surface area contributed by atoms with Gasteiger partial charge >= 0.3 is 0 Å². The van der Waals surface area contributed by atoms with Gasteiger partial charge in [-0.25, -0.2) is 0 Å². The summed E-state index contributed by atoms with van der Waals surface area (Å²) in [5.74, 6) is 0.132. The van der Waals surface area contributed by atoms with Crippen molar-refractivity contribution in [2.75, 3.05) is 0 Å². The summed E-state index contributed by atoms with van der Waals surface area (Å²) in [5.41, 5.74) is 2.38. The number of carbonyl (C=O) groups excluding carboxylic acids is 3. The molecule has 7 nitrogen and oxygen atoms in total. The standard InChI is InChI=1S/C26H19BrClN3O4S/c27-18-5-8-22-21(11-18)17(14-30(22)15-24(32)29-12-20-2-1-9-35-20)10-23-25(33)31(26(34)36-23)13-16-3-6-19(28)7-4-16/h1-11,14H,12-13,15H2,(H,29,32)/b23-10-. The normalized spacial score (nSPS) is 14.8. The number of fused-ring (bicyclic) bond motifs is 1. The summed E-state index contributed by atoms with van der Waals surface area (Å²) < 4.78 is 7.94. The van der Waals surface area contributed by atoms with Crippen LogP contribution in [0.4, 0.5) is 4.79 Å². The van der Waals surface area contributed by atoms with Crippen LogP contribution in [0.3, 0.4) is 0 Å². The molecule has 0 radical (unpaired) electrons. The zero-order valence-corrected chi connectivity index (χ0v) is 21.9. The van der Waals surface area contributed by atoms with Crippen LogP contribution in [0.25, 0.3) is 17.0 Å². The van der Waals surface area contributed by atoms with Crippen molar-refractivity contribution in [3.8, 4) is 0 Å². The maximum atomic E-state index is 13.1. The van der Waals surface area contributed by atoms with Crippen LogP contribution in [0.5, 0.6) is 0 Å². The molecule has 36 heavy (non-hydrogen) atoms. The highest BCUT2D eigenvalue weighted by Crippen LogP contribution is 2.35. The van der Waals surface area contributed by atoms with E-state index in [4.69, 9.17) is 16.0 Å². The first-order valence-electron chi connectivity index (χ1n) is 10.9. The molecule has 1 fully saturated rings. The smallest absolute Gasteiger partial charge is 0.293 e. The summed E-state index contributed by atoms with van der Waals surface area (Å²) in [6.45, 7) is 0.553. The van der Waals surface area contributed by atoms with Crippen LogP contribution >= 0.6 is 39.3 Å². The van der Waals surface area contributed by atoms with Crippen molar-refractivity contribution >= 4 is 73.3 Å². The molecule has 1 aliphatic heterocycles. The second kappa shape index (κ2) is 10.4. The van der Waals surface area contributed by atoms with Crippen LogP contribution in [0.1, 0.15) is 16.9 Å². The Morgan fingerprint density at radius 3 is 2.69 bits per heavy atom. The van der Waals surface area contributed by atoms with Crippen molar-refractivity contribution in [2.45, 2.75) is 19.6 Å². The molecule has 3 amide bonds. The van der Waals surface area contributed by atoms with Crippen molar-refractivity contribution in [3.63, 3.8) is 0 Å². The van der Waals surface area contributed by atoms with Gasteiger partial charge in [-0.05, 0) is 65.9 Å². The highest BCUT2D eigenvalue weighted by molar-refractivity contribution is 9.10. The first-order valence-corrected chi connectivity index (χ1v) is 12.9. The average Bonchev–Trinajstić information content (AvgIpc) is 3.55. The van der Waals surface area contributed by atoms with Gasteiger partial charge in [-0.3, -0.25) is 19.3 Å². The number of benzene rings is 2. The SMILES string of the molecule is O=C(Cn1cc(/C=C2\SC(=O)N(Cc3ccc(Cl)cc3)C2=O)c2cc(Br)ccc21)NCc1ccco1. The Morgan fingerprint density at radius 2 is 1.94 bits per heavy atom. The number of amides is 3. The molecule has 0 aliphatic carbocycles. The second-order valence-electron chi connectivity index (χ2n) is 8.12. The van der Waals surface area contributed by atoms with E-state index in [0.717, 1.165) is 38.3 Å². The molecule has 0 atom stereocenters. The van der Waals surface area contributed by atoms with Gasteiger partial charge in [0.2, 0.25) is 5.91 Å². The Hall–Kier alpha value is -3.27. The van der Waals surface area contributed by atoms with Gasteiger partial charge in [0.05, 0.1) is 24.3 Å². The fourth-order valence-corrected chi connectivity index (χ4v) is 5.22. The van der Waals surface area contributed by atoms with Crippen LogP contribution in [-0.2, 0) is 29.2 Å². The molecule has 1 N–H and O–H groups in total. The summed E-state index contributed by atoms with van der Waals surface area (Å²) in [6.07, 6.45) is 5.08. The van der Waals surface area contributed by atoms with Gasteiger partial charge in [0.1, 0.15) is 12.3 Å². The molecule has 1 aliphatic rings. The third-order valence-electron chi connectivity index (χ3n) is 5.64. The van der Waals surface area contributed by atoms with Gasteiger partial charge in [0.15, 0.2) is 0 Å². The monoisotopic (exact) mass is 583 g/mol. The molecule has 2 aromatic heterocycles. The summed E-state index contributed by atoms with van der Waals surface area (Å²) >= 11 is 10.3. The van der Waals surface area contributed by atoms with E-state index in [2.05, 4.69) is 21.2 Å². The van der Waals surface area contributed by atoms with Crippen LogP contribution in [0.15, 0.2) is 80.9 Å². The summed E-state index contributed by atoms with van der Waals surface area (Å²) in [7, 11) is 0. The summed E-state index contributed by atoms with van der Waals surface area (Å²) in [4.78, 5) is 39.8. The molecular formula is C26H19BrClN3O4S. The molecule has 0 unspecified atom stereocenters. The Bertz CT molecular complexity index is 1500. The second-order valence-corrected chi connectivity index (χ2v) is 10.5. The molecule has 1 saturated heterocycles. The van der Waals surface area contributed by atoms with E-state index in [-0.39, 0.29) is 30.1 Å². The van der Waals surface area contributed by atoms with Crippen molar-refractivity contribution < 1.29 is 18.8 Å². The zero-order chi connectivity index (χ0) is 25.2. The van der Waals surface area contributed by atoms with E-state index in [1.54, 1.807) is 48.7 Å².